The number of halogens is 1. The second-order valence-electron chi connectivity index (χ2n) is 7.20. The van der Waals surface area contributed by atoms with Crippen molar-refractivity contribution in [1.29, 1.82) is 0 Å². The molecule has 0 saturated carbocycles. The van der Waals surface area contributed by atoms with Gasteiger partial charge in [-0.05, 0) is 50.5 Å². The number of carbonyl (C=O) groups is 1. The van der Waals surface area contributed by atoms with Crippen LogP contribution in [0.3, 0.4) is 0 Å². The molecule has 3 aromatic rings. The number of benzene rings is 1. The van der Waals surface area contributed by atoms with Crippen molar-refractivity contribution in [1.82, 2.24) is 19.7 Å². The smallest absolute Gasteiger partial charge is 0.224 e. The lowest BCUT2D eigenvalue weighted by atomic mass is 10.1. The van der Waals surface area contributed by atoms with Gasteiger partial charge in [0.2, 0.25) is 5.91 Å². The van der Waals surface area contributed by atoms with Crippen molar-refractivity contribution in [2.45, 2.75) is 33.6 Å². The maximum Gasteiger partial charge on any atom is 0.224 e. The molecular weight excluding hydrogens is 371 g/mol. The number of amides is 1. The fourth-order valence-electron chi connectivity index (χ4n) is 3.09. The minimum atomic E-state index is -0.335. The first-order chi connectivity index (χ1) is 13.8. The van der Waals surface area contributed by atoms with Gasteiger partial charge in [-0.1, -0.05) is 6.07 Å². The largest absolute Gasteiger partial charge is 0.363 e. The van der Waals surface area contributed by atoms with Gasteiger partial charge >= 0.3 is 0 Å². The monoisotopic (exact) mass is 396 g/mol. The number of carbonyl (C=O) groups excluding carboxylic acids is 1. The topological polar surface area (TPSA) is 75.9 Å². The zero-order valence-electron chi connectivity index (χ0n) is 17.3. The van der Waals surface area contributed by atoms with Gasteiger partial charge in [0.15, 0.2) is 5.82 Å². The molecule has 0 aliphatic rings. The average Bonchev–Trinajstić information content (AvgIpc) is 2.97. The van der Waals surface area contributed by atoms with Gasteiger partial charge in [-0.15, -0.1) is 0 Å². The van der Waals surface area contributed by atoms with E-state index in [2.05, 4.69) is 20.4 Å². The number of nitrogens with zero attached hydrogens (tertiary/aromatic N) is 5. The van der Waals surface area contributed by atoms with E-state index in [1.807, 2.05) is 38.9 Å². The first kappa shape index (κ1) is 20.4. The van der Waals surface area contributed by atoms with E-state index in [0.717, 1.165) is 22.8 Å². The molecular formula is C21H25FN6O. The summed E-state index contributed by atoms with van der Waals surface area (Å²) in [6.45, 7) is 5.56. The highest BCUT2D eigenvalue weighted by molar-refractivity contribution is 5.90. The van der Waals surface area contributed by atoms with Crippen LogP contribution in [0.15, 0.2) is 30.6 Å². The first-order valence-electron chi connectivity index (χ1n) is 9.37. The molecule has 152 valence electrons. The van der Waals surface area contributed by atoms with E-state index in [0.29, 0.717) is 23.5 Å². The third-order valence-electron chi connectivity index (χ3n) is 4.81. The van der Waals surface area contributed by atoms with Gasteiger partial charge < -0.3 is 10.2 Å². The number of rotatable bonds is 6. The van der Waals surface area contributed by atoms with Crippen LogP contribution >= 0.6 is 0 Å². The number of anilines is 2. The molecule has 1 amide bonds. The highest BCUT2D eigenvalue weighted by Crippen LogP contribution is 2.20. The Kier molecular flexibility index (Phi) is 5.91. The highest BCUT2D eigenvalue weighted by Gasteiger charge is 2.16. The first-order valence-corrected chi connectivity index (χ1v) is 9.37. The molecule has 0 fully saturated rings. The molecule has 0 atom stereocenters. The van der Waals surface area contributed by atoms with Gasteiger partial charge in [-0.25, -0.2) is 19.0 Å². The number of aryl methyl sites for hydroxylation is 2. The van der Waals surface area contributed by atoms with E-state index in [-0.39, 0.29) is 18.1 Å². The van der Waals surface area contributed by atoms with Crippen LogP contribution in [0.25, 0.3) is 5.82 Å². The second-order valence-corrected chi connectivity index (χ2v) is 7.20. The Labute approximate surface area is 169 Å². The molecule has 0 radical (unpaired) electrons. The highest BCUT2D eigenvalue weighted by atomic mass is 19.1. The van der Waals surface area contributed by atoms with Crippen molar-refractivity contribution < 1.29 is 9.18 Å². The Bertz CT molecular complexity index is 1040. The van der Waals surface area contributed by atoms with Gasteiger partial charge in [0, 0.05) is 38.0 Å². The van der Waals surface area contributed by atoms with Gasteiger partial charge in [-0.3, -0.25) is 4.79 Å². The summed E-state index contributed by atoms with van der Waals surface area (Å²) in [4.78, 5) is 22.8. The van der Waals surface area contributed by atoms with Gasteiger partial charge in [0.25, 0.3) is 0 Å². The van der Waals surface area contributed by atoms with Crippen LogP contribution in [-0.2, 0) is 11.2 Å². The molecule has 7 nitrogen and oxygen atoms in total. The molecule has 0 aliphatic heterocycles. The SMILES string of the molecule is Cc1ccc(NC(=O)CCc2c(C)nn(-c3cc(N(C)C)ncn3)c2C)cc1F. The zero-order chi connectivity index (χ0) is 21.1. The van der Waals surface area contributed by atoms with Crippen LogP contribution in [0.2, 0.25) is 0 Å². The standard InChI is InChI=1S/C21H25FN6O/c1-13-6-7-16(10-18(13)22)25-21(29)9-8-17-14(2)26-28(15(17)3)20-11-19(27(4)5)23-12-24-20/h6-7,10-12H,8-9H2,1-5H3,(H,25,29). The van der Waals surface area contributed by atoms with Crippen LogP contribution in [0.1, 0.15) is 28.9 Å². The summed E-state index contributed by atoms with van der Waals surface area (Å²) in [7, 11) is 3.83. The van der Waals surface area contributed by atoms with Crippen molar-refractivity contribution in [2.24, 2.45) is 0 Å². The van der Waals surface area contributed by atoms with Crippen LogP contribution < -0.4 is 10.2 Å². The molecule has 3 rings (SSSR count). The fourth-order valence-corrected chi connectivity index (χ4v) is 3.09. The summed E-state index contributed by atoms with van der Waals surface area (Å²) in [5.74, 6) is 0.957. The molecule has 1 aromatic carbocycles. The summed E-state index contributed by atoms with van der Waals surface area (Å²) in [5.41, 5.74) is 3.78. The van der Waals surface area contributed by atoms with E-state index in [9.17, 15) is 9.18 Å². The second kappa shape index (κ2) is 8.38. The van der Waals surface area contributed by atoms with E-state index in [1.165, 1.54) is 12.4 Å². The van der Waals surface area contributed by atoms with Gasteiger partial charge in [0.1, 0.15) is 18.0 Å². The number of nitrogens with one attached hydrogen (secondary N) is 1. The van der Waals surface area contributed by atoms with Gasteiger partial charge in [0.05, 0.1) is 5.69 Å². The predicted molar refractivity (Wildman–Crippen MR) is 111 cm³/mol. The minimum absolute atomic E-state index is 0.170. The molecule has 2 heterocycles. The Morgan fingerprint density at radius 1 is 1.17 bits per heavy atom. The summed E-state index contributed by atoms with van der Waals surface area (Å²) in [6.07, 6.45) is 2.31. The minimum Gasteiger partial charge on any atom is -0.363 e. The van der Waals surface area contributed by atoms with Crippen LogP contribution in [0, 0.1) is 26.6 Å². The van der Waals surface area contributed by atoms with Gasteiger partial charge in [-0.2, -0.15) is 5.10 Å². The molecule has 8 heteroatoms. The summed E-state index contributed by atoms with van der Waals surface area (Å²) in [6, 6.07) is 6.54. The van der Waals surface area contributed by atoms with Crippen molar-refractivity contribution in [3.05, 3.63) is 58.9 Å². The molecule has 0 unspecified atom stereocenters. The lowest BCUT2D eigenvalue weighted by Crippen LogP contribution is -2.13. The number of hydrogen-bond acceptors (Lipinski definition) is 5. The quantitative estimate of drug-likeness (QED) is 0.691. The lowest BCUT2D eigenvalue weighted by molar-refractivity contribution is -0.116. The number of hydrogen-bond donors (Lipinski definition) is 1. The summed E-state index contributed by atoms with van der Waals surface area (Å²) in [5, 5.41) is 7.34. The molecule has 2 aromatic heterocycles. The molecule has 0 saturated heterocycles. The third kappa shape index (κ3) is 4.59. The molecule has 29 heavy (non-hydrogen) atoms. The van der Waals surface area contributed by atoms with Crippen LogP contribution in [0.5, 0.6) is 0 Å². The Morgan fingerprint density at radius 2 is 1.93 bits per heavy atom. The molecule has 0 aliphatic carbocycles. The maximum absolute atomic E-state index is 13.7. The summed E-state index contributed by atoms with van der Waals surface area (Å²) >= 11 is 0. The Hall–Kier alpha value is -3.29. The Balaban J connectivity index is 1.72. The lowest BCUT2D eigenvalue weighted by Gasteiger charge is -2.12. The fraction of sp³-hybridized carbons (Fsp3) is 0.333. The van der Waals surface area contributed by atoms with Crippen molar-refractivity contribution >= 4 is 17.4 Å². The maximum atomic E-state index is 13.7. The van der Waals surface area contributed by atoms with Crippen LogP contribution in [0.4, 0.5) is 15.9 Å². The van der Waals surface area contributed by atoms with E-state index >= 15 is 0 Å². The van der Waals surface area contributed by atoms with E-state index < -0.39 is 0 Å². The predicted octanol–water partition coefficient (Wildman–Crippen LogP) is 3.36. The zero-order valence-corrected chi connectivity index (χ0v) is 17.3. The van der Waals surface area contributed by atoms with Crippen molar-refractivity contribution in [3.8, 4) is 5.82 Å². The summed E-state index contributed by atoms with van der Waals surface area (Å²) < 4.78 is 15.4. The van der Waals surface area contributed by atoms with Crippen molar-refractivity contribution in [3.63, 3.8) is 0 Å². The average molecular weight is 396 g/mol. The normalized spacial score (nSPS) is 10.8. The number of aromatic nitrogens is 4. The third-order valence-corrected chi connectivity index (χ3v) is 4.81. The van der Waals surface area contributed by atoms with E-state index in [1.54, 1.807) is 23.7 Å². The molecule has 1 N–H and O–H groups in total. The van der Waals surface area contributed by atoms with Crippen molar-refractivity contribution in [2.75, 3.05) is 24.3 Å². The van der Waals surface area contributed by atoms with E-state index in [4.69, 9.17) is 0 Å². The Morgan fingerprint density at radius 3 is 2.62 bits per heavy atom. The van der Waals surface area contributed by atoms with Crippen LogP contribution in [-0.4, -0.2) is 39.8 Å². The molecule has 0 spiro atoms. The molecule has 0 bridgehead atoms.